The Labute approximate surface area is 201 Å². The summed E-state index contributed by atoms with van der Waals surface area (Å²) in [4.78, 5) is 36.9. The number of nitrogens with zero attached hydrogens (tertiary/aromatic N) is 3. The van der Waals surface area contributed by atoms with Crippen LogP contribution in [-0.2, 0) is 4.79 Å². The van der Waals surface area contributed by atoms with E-state index >= 15 is 0 Å². The zero-order valence-corrected chi connectivity index (χ0v) is 20.3. The molecule has 1 saturated carbocycles. The molecule has 2 N–H and O–H groups in total. The van der Waals surface area contributed by atoms with E-state index in [0.717, 1.165) is 24.1 Å². The molecule has 34 heavy (non-hydrogen) atoms. The molecule has 1 atom stereocenters. The van der Waals surface area contributed by atoms with Gasteiger partial charge < -0.3 is 24.8 Å². The Balaban J connectivity index is 1.52. The normalized spacial score (nSPS) is 18.1. The van der Waals surface area contributed by atoms with E-state index in [-0.39, 0.29) is 17.5 Å². The molecule has 1 aliphatic carbocycles. The highest BCUT2D eigenvalue weighted by Crippen LogP contribution is 2.34. The van der Waals surface area contributed by atoms with Crippen molar-refractivity contribution in [3.8, 4) is 17.0 Å². The molecule has 0 spiro atoms. The second kappa shape index (κ2) is 10.9. The first kappa shape index (κ1) is 24.0. The molecule has 8 nitrogen and oxygen atoms in total. The maximum atomic E-state index is 12.9. The zero-order chi connectivity index (χ0) is 24.1. The number of methoxy groups -OCH3 is 1. The predicted octanol–water partition coefficient (Wildman–Crippen LogP) is 2.82. The van der Waals surface area contributed by atoms with Crippen LogP contribution in [-0.4, -0.2) is 66.1 Å². The highest BCUT2D eigenvalue weighted by atomic mass is 16.5. The summed E-state index contributed by atoms with van der Waals surface area (Å²) >= 11 is 0. The van der Waals surface area contributed by atoms with Crippen LogP contribution in [0.5, 0.6) is 5.88 Å². The van der Waals surface area contributed by atoms with Gasteiger partial charge in [-0.2, -0.15) is 0 Å². The number of rotatable bonds is 10. The predicted molar refractivity (Wildman–Crippen MR) is 134 cm³/mol. The standard InChI is InChI=1S/C26H35N5O3/c1-18(2)27-10-4-5-25(32)30-12-9-22(17-30)31(16-19-6-7-19)23-13-21(15-29-26(23)33)20-8-11-28-24(14-20)34-3/h4-5,8,11,13-15,18-19,22,27H,6-7,9-10,12,16-17H2,1-3H3,(H,29,33)/b5-4+/t22-/m1/s1. The van der Waals surface area contributed by atoms with Crippen molar-refractivity contribution in [1.29, 1.82) is 0 Å². The molecule has 2 aromatic heterocycles. The lowest BCUT2D eigenvalue weighted by Gasteiger charge is -2.31. The first-order valence-electron chi connectivity index (χ1n) is 12.1. The zero-order valence-electron chi connectivity index (χ0n) is 20.3. The van der Waals surface area contributed by atoms with Crippen molar-refractivity contribution in [3.05, 3.63) is 53.1 Å². The minimum Gasteiger partial charge on any atom is -0.481 e. The Morgan fingerprint density at radius 3 is 2.88 bits per heavy atom. The van der Waals surface area contributed by atoms with Crippen molar-refractivity contribution in [1.82, 2.24) is 20.2 Å². The average molecular weight is 466 g/mol. The van der Waals surface area contributed by atoms with Gasteiger partial charge in [-0.3, -0.25) is 9.59 Å². The third-order valence-electron chi connectivity index (χ3n) is 6.44. The third-order valence-corrected chi connectivity index (χ3v) is 6.44. The first-order valence-corrected chi connectivity index (χ1v) is 12.1. The number of hydrogen-bond acceptors (Lipinski definition) is 6. The van der Waals surface area contributed by atoms with Crippen LogP contribution in [0.25, 0.3) is 11.1 Å². The molecular formula is C26H35N5O3. The summed E-state index contributed by atoms with van der Waals surface area (Å²) in [6, 6.07) is 6.22. The Hall–Kier alpha value is -3.13. The van der Waals surface area contributed by atoms with Gasteiger partial charge in [0, 0.05) is 68.4 Å². The lowest BCUT2D eigenvalue weighted by Crippen LogP contribution is -2.42. The van der Waals surface area contributed by atoms with Crippen LogP contribution in [0.4, 0.5) is 5.69 Å². The summed E-state index contributed by atoms with van der Waals surface area (Å²) in [5.74, 6) is 1.17. The summed E-state index contributed by atoms with van der Waals surface area (Å²) < 4.78 is 5.26. The highest BCUT2D eigenvalue weighted by molar-refractivity contribution is 5.88. The largest absolute Gasteiger partial charge is 0.481 e. The summed E-state index contributed by atoms with van der Waals surface area (Å²) in [5.41, 5.74) is 2.40. The van der Waals surface area contributed by atoms with Crippen LogP contribution in [0.2, 0.25) is 0 Å². The fourth-order valence-electron chi connectivity index (χ4n) is 4.34. The quantitative estimate of drug-likeness (QED) is 0.525. The highest BCUT2D eigenvalue weighted by Gasteiger charge is 2.34. The molecule has 1 aliphatic heterocycles. The number of aromatic amines is 1. The number of likely N-dealkylation sites (tertiary alicyclic amines) is 1. The molecule has 0 bridgehead atoms. The molecule has 8 heteroatoms. The molecule has 1 amide bonds. The molecule has 0 radical (unpaired) electrons. The molecule has 182 valence electrons. The van der Waals surface area contributed by atoms with Crippen LogP contribution in [0.15, 0.2) is 47.5 Å². The SMILES string of the molecule is COc1cc(-c2c[nH]c(=O)c(N(CC3CC3)[C@@H]3CCN(C(=O)/C=C/CNC(C)C)C3)c2)ccn1. The molecule has 1 saturated heterocycles. The lowest BCUT2D eigenvalue weighted by molar-refractivity contribution is -0.125. The number of carbonyl (C=O) groups is 1. The Morgan fingerprint density at radius 2 is 2.15 bits per heavy atom. The first-order chi connectivity index (χ1) is 16.4. The van der Waals surface area contributed by atoms with Gasteiger partial charge >= 0.3 is 0 Å². The van der Waals surface area contributed by atoms with Gasteiger partial charge in [0.2, 0.25) is 11.8 Å². The van der Waals surface area contributed by atoms with Crippen molar-refractivity contribution in [3.63, 3.8) is 0 Å². The monoisotopic (exact) mass is 465 g/mol. The van der Waals surface area contributed by atoms with E-state index in [9.17, 15) is 9.59 Å². The number of anilines is 1. The molecule has 2 fully saturated rings. The van der Waals surface area contributed by atoms with Crippen LogP contribution in [0.3, 0.4) is 0 Å². The molecule has 4 rings (SSSR count). The number of pyridine rings is 2. The van der Waals surface area contributed by atoms with Gasteiger partial charge in [-0.05, 0) is 42.9 Å². The van der Waals surface area contributed by atoms with Crippen LogP contribution >= 0.6 is 0 Å². The van der Waals surface area contributed by atoms with Gasteiger partial charge in [0.05, 0.1) is 7.11 Å². The average Bonchev–Trinajstić information content (AvgIpc) is 3.53. The number of nitrogens with one attached hydrogen (secondary N) is 2. The summed E-state index contributed by atoms with van der Waals surface area (Å²) in [6.45, 7) is 7.00. The van der Waals surface area contributed by atoms with Gasteiger partial charge in [0.15, 0.2) is 0 Å². The van der Waals surface area contributed by atoms with Crippen LogP contribution in [0.1, 0.15) is 33.1 Å². The summed E-state index contributed by atoms with van der Waals surface area (Å²) in [7, 11) is 1.59. The Morgan fingerprint density at radius 1 is 1.32 bits per heavy atom. The maximum Gasteiger partial charge on any atom is 0.271 e. The maximum absolute atomic E-state index is 12.9. The number of carbonyl (C=O) groups excluding carboxylic acids is 1. The topological polar surface area (TPSA) is 90.6 Å². The summed E-state index contributed by atoms with van der Waals surface area (Å²) in [6.07, 6.45) is 10.2. The smallest absolute Gasteiger partial charge is 0.271 e. The second-order valence-corrected chi connectivity index (χ2v) is 9.48. The van der Waals surface area contributed by atoms with E-state index in [1.165, 1.54) is 12.8 Å². The number of amides is 1. The van der Waals surface area contributed by atoms with Gasteiger partial charge in [-0.15, -0.1) is 0 Å². The Bertz CT molecular complexity index is 1080. The molecular weight excluding hydrogens is 430 g/mol. The Kier molecular flexibility index (Phi) is 7.67. The molecule has 3 heterocycles. The van der Waals surface area contributed by atoms with Crippen molar-refractivity contribution in [2.24, 2.45) is 5.92 Å². The van der Waals surface area contributed by atoms with E-state index in [0.29, 0.717) is 43.2 Å². The molecule has 0 aromatic carbocycles. The summed E-state index contributed by atoms with van der Waals surface area (Å²) in [5, 5.41) is 3.28. The fourth-order valence-corrected chi connectivity index (χ4v) is 4.34. The van der Waals surface area contributed by atoms with E-state index in [1.807, 2.05) is 29.2 Å². The number of aromatic nitrogens is 2. The number of H-pyrrole nitrogens is 1. The minimum absolute atomic E-state index is 0.0333. The number of hydrogen-bond donors (Lipinski definition) is 2. The van der Waals surface area contributed by atoms with E-state index in [2.05, 4.69) is 34.0 Å². The lowest BCUT2D eigenvalue weighted by atomic mass is 10.1. The van der Waals surface area contributed by atoms with Gasteiger partial charge in [-0.1, -0.05) is 19.9 Å². The van der Waals surface area contributed by atoms with Crippen molar-refractivity contribution in [2.75, 3.05) is 38.2 Å². The second-order valence-electron chi connectivity index (χ2n) is 9.48. The van der Waals surface area contributed by atoms with E-state index < -0.39 is 0 Å². The van der Waals surface area contributed by atoms with E-state index in [4.69, 9.17) is 4.74 Å². The number of ether oxygens (including phenoxy) is 1. The molecule has 2 aromatic rings. The van der Waals surface area contributed by atoms with Crippen LogP contribution < -0.4 is 20.5 Å². The molecule has 0 unspecified atom stereocenters. The minimum atomic E-state index is -0.102. The van der Waals surface area contributed by atoms with E-state index in [1.54, 1.807) is 25.6 Å². The van der Waals surface area contributed by atoms with Gasteiger partial charge in [0.25, 0.3) is 5.56 Å². The van der Waals surface area contributed by atoms with Crippen molar-refractivity contribution < 1.29 is 9.53 Å². The third kappa shape index (κ3) is 6.05. The van der Waals surface area contributed by atoms with Crippen molar-refractivity contribution in [2.45, 2.75) is 45.2 Å². The van der Waals surface area contributed by atoms with Crippen molar-refractivity contribution >= 4 is 11.6 Å². The fraction of sp³-hybridized carbons (Fsp3) is 0.500. The van der Waals surface area contributed by atoms with Gasteiger partial charge in [0.1, 0.15) is 5.69 Å². The van der Waals surface area contributed by atoms with Crippen LogP contribution in [0, 0.1) is 5.92 Å². The molecule has 2 aliphatic rings. The van der Waals surface area contributed by atoms with Gasteiger partial charge in [-0.25, -0.2) is 4.98 Å².